The number of nitrogens with zero attached hydrogens (tertiary/aromatic N) is 1. The van der Waals surface area contributed by atoms with Crippen molar-refractivity contribution in [2.75, 3.05) is 0 Å². The molecule has 0 bridgehead atoms. The van der Waals surface area contributed by atoms with Crippen LogP contribution in [0.5, 0.6) is 0 Å². The molecule has 0 unspecified atom stereocenters. The third-order valence-corrected chi connectivity index (χ3v) is 2.30. The van der Waals surface area contributed by atoms with E-state index in [2.05, 4.69) is 4.98 Å². The molecule has 0 radical (unpaired) electrons. The molecule has 0 aromatic carbocycles. The van der Waals surface area contributed by atoms with Gasteiger partial charge in [-0.25, -0.2) is 0 Å². The van der Waals surface area contributed by atoms with Gasteiger partial charge in [0.15, 0.2) is 0 Å². The monoisotopic (exact) mass is 240 g/mol. The van der Waals surface area contributed by atoms with Gasteiger partial charge in [-0.3, -0.25) is 4.98 Å². The van der Waals surface area contributed by atoms with Crippen molar-refractivity contribution in [3.05, 3.63) is 28.0 Å². The predicted molar refractivity (Wildman–Crippen MR) is 58.7 cm³/mol. The first-order valence-corrected chi connectivity index (χ1v) is 4.47. The topological polar surface area (TPSA) is 38.9 Å². The first-order valence-electron chi connectivity index (χ1n) is 3.71. The standard InChI is InChI=1S/C8H10Cl2N2.ClH/c1-2-7(11)8-5(9)3-12-4-6(8)10;/h3-4,7H,2,11H2,1H3;1H/t7-;/m1./s1. The van der Waals surface area contributed by atoms with Crippen molar-refractivity contribution in [3.63, 3.8) is 0 Å². The van der Waals surface area contributed by atoms with Crippen molar-refractivity contribution < 1.29 is 0 Å². The van der Waals surface area contributed by atoms with Crippen molar-refractivity contribution >= 4 is 35.6 Å². The summed E-state index contributed by atoms with van der Waals surface area (Å²) in [6.07, 6.45) is 3.92. The molecular formula is C8H11Cl3N2. The molecule has 2 N–H and O–H groups in total. The summed E-state index contributed by atoms with van der Waals surface area (Å²) in [5, 5.41) is 1.08. The average molecular weight is 242 g/mol. The molecule has 0 saturated carbocycles. The number of halogens is 3. The van der Waals surface area contributed by atoms with E-state index in [9.17, 15) is 0 Å². The lowest BCUT2D eigenvalue weighted by molar-refractivity contribution is 0.698. The number of hydrogen-bond acceptors (Lipinski definition) is 2. The van der Waals surface area contributed by atoms with E-state index in [1.807, 2.05) is 6.92 Å². The van der Waals surface area contributed by atoms with Crippen molar-refractivity contribution in [3.8, 4) is 0 Å². The zero-order valence-corrected chi connectivity index (χ0v) is 9.46. The molecule has 1 aromatic rings. The Hall–Kier alpha value is -0.0200. The Morgan fingerprint density at radius 1 is 1.38 bits per heavy atom. The Kier molecular flexibility index (Phi) is 5.65. The number of nitrogens with two attached hydrogens (primary N) is 1. The van der Waals surface area contributed by atoms with Gasteiger partial charge in [0.25, 0.3) is 0 Å². The summed E-state index contributed by atoms with van der Waals surface area (Å²) >= 11 is 11.8. The summed E-state index contributed by atoms with van der Waals surface area (Å²) in [5.41, 5.74) is 6.59. The molecule has 1 heterocycles. The molecule has 0 aliphatic heterocycles. The molecule has 0 spiro atoms. The quantitative estimate of drug-likeness (QED) is 0.863. The summed E-state index contributed by atoms with van der Waals surface area (Å²) in [6.45, 7) is 1.98. The Morgan fingerprint density at radius 3 is 2.23 bits per heavy atom. The van der Waals surface area contributed by atoms with E-state index in [-0.39, 0.29) is 18.4 Å². The maximum absolute atomic E-state index is 5.88. The highest BCUT2D eigenvalue weighted by Gasteiger charge is 2.12. The molecule has 0 fully saturated rings. The Bertz CT molecular complexity index is 258. The number of aromatic nitrogens is 1. The molecule has 1 rings (SSSR count). The zero-order chi connectivity index (χ0) is 9.14. The summed E-state index contributed by atoms with van der Waals surface area (Å²) in [4.78, 5) is 3.84. The van der Waals surface area contributed by atoms with Crippen LogP contribution in [-0.4, -0.2) is 4.98 Å². The lowest BCUT2D eigenvalue weighted by Gasteiger charge is -2.11. The minimum atomic E-state index is -0.104. The Labute approximate surface area is 93.8 Å². The van der Waals surface area contributed by atoms with E-state index in [0.29, 0.717) is 10.0 Å². The number of rotatable bonds is 2. The smallest absolute Gasteiger partial charge is 0.0651 e. The molecule has 0 aliphatic rings. The Morgan fingerprint density at radius 2 is 1.85 bits per heavy atom. The van der Waals surface area contributed by atoms with Crippen molar-refractivity contribution in [2.24, 2.45) is 5.73 Å². The van der Waals surface area contributed by atoms with Gasteiger partial charge in [-0.1, -0.05) is 30.1 Å². The zero-order valence-electron chi connectivity index (χ0n) is 7.13. The van der Waals surface area contributed by atoms with Gasteiger partial charge in [0.1, 0.15) is 0 Å². The summed E-state index contributed by atoms with van der Waals surface area (Å²) in [7, 11) is 0. The Balaban J connectivity index is 0.00000144. The van der Waals surface area contributed by atoms with Gasteiger partial charge in [-0.15, -0.1) is 12.4 Å². The van der Waals surface area contributed by atoms with Gasteiger partial charge in [0, 0.05) is 24.0 Å². The van der Waals surface area contributed by atoms with Gasteiger partial charge >= 0.3 is 0 Å². The second-order valence-corrected chi connectivity index (χ2v) is 3.35. The van der Waals surface area contributed by atoms with E-state index in [1.54, 1.807) is 12.4 Å². The first-order chi connectivity index (χ1) is 5.66. The third-order valence-electron chi connectivity index (χ3n) is 1.70. The van der Waals surface area contributed by atoms with E-state index in [0.717, 1.165) is 12.0 Å². The van der Waals surface area contributed by atoms with E-state index in [1.165, 1.54) is 0 Å². The van der Waals surface area contributed by atoms with Crippen molar-refractivity contribution in [2.45, 2.75) is 19.4 Å². The van der Waals surface area contributed by atoms with E-state index < -0.39 is 0 Å². The fourth-order valence-electron chi connectivity index (χ4n) is 0.980. The predicted octanol–water partition coefficient (Wildman–Crippen LogP) is 3.22. The maximum Gasteiger partial charge on any atom is 0.0651 e. The van der Waals surface area contributed by atoms with Gasteiger partial charge in [0.05, 0.1) is 10.0 Å². The normalized spacial score (nSPS) is 12.0. The third kappa shape index (κ3) is 2.99. The molecule has 0 saturated heterocycles. The fourth-order valence-corrected chi connectivity index (χ4v) is 1.62. The molecule has 0 amide bonds. The van der Waals surface area contributed by atoms with Crippen LogP contribution in [-0.2, 0) is 0 Å². The number of pyridine rings is 1. The van der Waals surface area contributed by atoms with Crippen LogP contribution in [0.15, 0.2) is 12.4 Å². The lowest BCUT2D eigenvalue weighted by Crippen LogP contribution is -2.10. The lowest BCUT2D eigenvalue weighted by atomic mass is 10.1. The van der Waals surface area contributed by atoms with Gasteiger partial charge in [-0.05, 0) is 6.42 Å². The summed E-state index contributed by atoms with van der Waals surface area (Å²) in [6, 6.07) is -0.104. The van der Waals surface area contributed by atoms with Crippen LogP contribution in [0, 0.1) is 0 Å². The van der Waals surface area contributed by atoms with Crippen molar-refractivity contribution in [1.82, 2.24) is 4.98 Å². The molecule has 0 aliphatic carbocycles. The minimum absolute atomic E-state index is 0. The molecule has 2 nitrogen and oxygen atoms in total. The van der Waals surface area contributed by atoms with Crippen LogP contribution in [0.3, 0.4) is 0 Å². The van der Waals surface area contributed by atoms with Gasteiger partial charge in [-0.2, -0.15) is 0 Å². The second kappa shape index (κ2) is 5.66. The molecule has 74 valence electrons. The SMILES string of the molecule is CC[C@@H](N)c1c(Cl)cncc1Cl.Cl. The second-order valence-electron chi connectivity index (χ2n) is 2.53. The highest BCUT2D eigenvalue weighted by molar-refractivity contribution is 6.35. The van der Waals surface area contributed by atoms with Crippen LogP contribution < -0.4 is 5.73 Å². The summed E-state index contributed by atoms with van der Waals surface area (Å²) in [5.74, 6) is 0. The van der Waals surface area contributed by atoms with Gasteiger partial charge in [0.2, 0.25) is 0 Å². The molecule has 1 atom stereocenters. The van der Waals surface area contributed by atoms with Gasteiger partial charge < -0.3 is 5.73 Å². The summed E-state index contributed by atoms with van der Waals surface area (Å²) < 4.78 is 0. The highest BCUT2D eigenvalue weighted by Crippen LogP contribution is 2.29. The fraction of sp³-hybridized carbons (Fsp3) is 0.375. The van der Waals surface area contributed by atoms with Crippen LogP contribution in [0.4, 0.5) is 0 Å². The van der Waals surface area contributed by atoms with Crippen LogP contribution in [0.25, 0.3) is 0 Å². The van der Waals surface area contributed by atoms with Crippen molar-refractivity contribution in [1.29, 1.82) is 0 Å². The maximum atomic E-state index is 5.88. The minimum Gasteiger partial charge on any atom is -0.324 e. The highest BCUT2D eigenvalue weighted by atomic mass is 35.5. The van der Waals surface area contributed by atoms with E-state index in [4.69, 9.17) is 28.9 Å². The molecular weight excluding hydrogens is 230 g/mol. The molecule has 5 heteroatoms. The molecule has 13 heavy (non-hydrogen) atoms. The van der Waals surface area contributed by atoms with E-state index >= 15 is 0 Å². The van der Waals surface area contributed by atoms with Crippen LogP contribution in [0.1, 0.15) is 24.9 Å². The number of hydrogen-bond donors (Lipinski definition) is 1. The van der Waals surface area contributed by atoms with Crippen LogP contribution >= 0.6 is 35.6 Å². The van der Waals surface area contributed by atoms with Crippen LogP contribution in [0.2, 0.25) is 10.0 Å². The largest absolute Gasteiger partial charge is 0.324 e. The molecule has 1 aromatic heterocycles. The first kappa shape index (κ1) is 13.0. The average Bonchev–Trinajstić information content (AvgIpc) is 2.03.